The van der Waals surface area contributed by atoms with Crippen molar-refractivity contribution >= 4 is 39.7 Å². The molecular weight excluding hydrogens is 346 g/mol. The number of thioether (sulfide) groups is 1. The SMILES string of the molecule is CC1CCC(N(C)C(=O)CSc2nnc3c(n2)[nH]c2ccccc23)CC1. The first-order valence-electron chi connectivity index (χ1n) is 9.11. The largest absolute Gasteiger partial charge is 0.342 e. The summed E-state index contributed by atoms with van der Waals surface area (Å²) < 4.78 is 0. The standard InChI is InChI=1S/C19H23N5OS/c1-12-7-9-13(10-8-12)24(2)16(25)11-26-19-21-18-17(22-23-19)14-5-3-4-6-15(14)20-18/h3-6,12-13H,7-11H2,1-2H3,(H,20,21,23). The van der Waals surface area contributed by atoms with Crippen LogP contribution in [0, 0.1) is 5.92 Å². The zero-order valence-corrected chi connectivity index (χ0v) is 15.9. The van der Waals surface area contributed by atoms with Crippen LogP contribution in [0.15, 0.2) is 29.4 Å². The number of carbonyl (C=O) groups excluding carboxylic acids is 1. The number of amides is 1. The van der Waals surface area contributed by atoms with E-state index in [1.165, 1.54) is 24.6 Å². The molecule has 26 heavy (non-hydrogen) atoms. The Kier molecular flexibility index (Phi) is 4.80. The number of benzene rings is 1. The summed E-state index contributed by atoms with van der Waals surface area (Å²) >= 11 is 1.35. The van der Waals surface area contributed by atoms with Crippen LogP contribution in [-0.2, 0) is 4.79 Å². The Bertz CT molecular complexity index is 932. The van der Waals surface area contributed by atoms with Gasteiger partial charge < -0.3 is 9.88 Å². The Morgan fingerprint density at radius 1 is 1.23 bits per heavy atom. The summed E-state index contributed by atoms with van der Waals surface area (Å²) in [6, 6.07) is 8.31. The summed E-state index contributed by atoms with van der Waals surface area (Å²) in [6.45, 7) is 2.29. The topological polar surface area (TPSA) is 74.8 Å². The van der Waals surface area contributed by atoms with Crippen molar-refractivity contribution < 1.29 is 4.79 Å². The number of aromatic amines is 1. The molecule has 6 nitrogen and oxygen atoms in total. The van der Waals surface area contributed by atoms with Gasteiger partial charge in [-0.15, -0.1) is 10.2 Å². The van der Waals surface area contributed by atoms with E-state index in [9.17, 15) is 4.79 Å². The molecule has 1 aliphatic carbocycles. The lowest BCUT2D eigenvalue weighted by molar-refractivity contribution is -0.129. The summed E-state index contributed by atoms with van der Waals surface area (Å²) in [5, 5.41) is 10.0. The van der Waals surface area contributed by atoms with E-state index in [4.69, 9.17) is 0 Å². The quantitative estimate of drug-likeness (QED) is 0.711. The molecule has 0 atom stereocenters. The molecule has 0 radical (unpaired) electrons. The van der Waals surface area contributed by atoms with Crippen LogP contribution in [0.2, 0.25) is 0 Å². The van der Waals surface area contributed by atoms with Crippen molar-refractivity contribution in [3.8, 4) is 0 Å². The number of fused-ring (bicyclic) bond motifs is 3. The predicted octanol–water partition coefficient (Wildman–Crippen LogP) is 3.64. The fourth-order valence-corrected chi connectivity index (χ4v) is 4.34. The van der Waals surface area contributed by atoms with E-state index in [-0.39, 0.29) is 5.91 Å². The van der Waals surface area contributed by atoms with Crippen LogP contribution in [0.4, 0.5) is 0 Å². The van der Waals surface area contributed by atoms with Gasteiger partial charge >= 0.3 is 0 Å². The Labute approximate surface area is 156 Å². The number of nitrogens with zero attached hydrogens (tertiary/aromatic N) is 4. The molecule has 0 aliphatic heterocycles. The molecule has 0 unspecified atom stereocenters. The molecule has 1 amide bonds. The van der Waals surface area contributed by atoms with E-state index >= 15 is 0 Å². The van der Waals surface area contributed by atoms with Crippen molar-refractivity contribution in [2.24, 2.45) is 5.92 Å². The first-order chi connectivity index (χ1) is 12.6. The molecule has 0 saturated heterocycles. The fourth-order valence-electron chi connectivity index (χ4n) is 3.63. The Morgan fingerprint density at radius 3 is 2.81 bits per heavy atom. The zero-order valence-electron chi connectivity index (χ0n) is 15.1. The highest BCUT2D eigenvalue weighted by molar-refractivity contribution is 7.99. The van der Waals surface area contributed by atoms with E-state index < -0.39 is 0 Å². The first kappa shape index (κ1) is 17.3. The second kappa shape index (κ2) is 7.23. The lowest BCUT2D eigenvalue weighted by Crippen LogP contribution is -2.40. The van der Waals surface area contributed by atoms with Gasteiger partial charge in [0.2, 0.25) is 11.1 Å². The second-order valence-electron chi connectivity index (χ2n) is 7.17. The zero-order chi connectivity index (χ0) is 18.1. The monoisotopic (exact) mass is 369 g/mol. The third kappa shape index (κ3) is 3.40. The minimum absolute atomic E-state index is 0.134. The Balaban J connectivity index is 1.42. The maximum atomic E-state index is 12.5. The van der Waals surface area contributed by atoms with Gasteiger partial charge in [-0.25, -0.2) is 4.98 Å². The smallest absolute Gasteiger partial charge is 0.233 e. The van der Waals surface area contributed by atoms with Gasteiger partial charge in [0.1, 0.15) is 5.52 Å². The van der Waals surface area contributed by atoms with Crippen molar-refractivity contribution in [3.63, 3.8) is 0 Å². The Morgan fingerprint density at radius 2 is 2.00 bits per heavy atom. The molecule has 0 spiro atoms. The normalized spacial score (nSPS) is 20.5. The van der Waals surface area contributed by atoms with E-state index in [0.717, 1.165) is 35.2 Å². The molecule has 2 heterocycles. The maximum absolute atomic E-state index is 12.5. The van der Waals surface area contributed by atoms with Crippen molar-refractivity contribution in [2.75, 3.05) is 12.8 Å². The first-order valence-corrected chi connectivity index (χ1v) is 10.1. The molecule has 136 valence electrons. The number of H-pyrrole nitrogens is 1. The van der Waals surface area contributed by atoms with Gasteiger partial charge in [0, 0.05) is 24.0 Å². The van der Waals surface area contributed by atoms with Gasteiger partial charge in [-0.1, -0.05) is 36.9 Å². The third-order valence-electron chi connectivity index (χ3n) is 5.35. The molecule has 4 rings (SSSR count). The summed E-state index contributed by atoms with van der Waals surface area (Å²) in [5.74, 6) is 1.26. The van der Waals surface area contributed by atoms with E-state index in [1.807, 2.05) is 36.2 Å². The van der Waals surface area contributed by atoms with Crippen LogP contribution in [0.25, 0.3) is 22.1 Å². The van der Waals surface area contributed by atoms with E-state index in [2.05, 4.69) is 27.1 Å². The van der Waals surface area contributed by atoms with Crippen molar-refractivity contribution in [3.05, 3.63) is 24.3 Å². The minimum Gasteiger partial charge on any atom is -0.342 e. The third-order valence-corrected chi connectivity index (χ3v) is 6.18. The van der Waals surface area contributed by atoms with Gasteiger partial charge in [0.25, 0.3) is 0 Å². The molecule has 1 aromatic carbocycles. The van der Waals surface area contributed by atoms with Gasteiger partial charge in [-0.2, -0.15) is 0 Å². The van der Waals surface area contributed by atoms with Crippen LogP contribution in [0.3, 0.4) is 0 Å². The molecule has 7 heteroatoms. The van der Waals surface area contributed by atoms with Crippen molar-refractivity contribution in [2.45, 2.75) is 43.8 Å². The number of aromatic nitrogens is 4. The number of hydrogen-bond acceptors (Lipinski definition) is 5. The fraction of sp³-hybridized carbons (Fsp3) is 0.474. The summed E-state index contributed by atoms with van der Waals surface area (Å²) in [6.07, 6.45) is 4.62. The van der Waals surface area contributed by atoms with Gasteiger partial charge in [-0.3, -0.25) is 4.79 Å². The molecule has 1 saturated carbocycles. The van der Waals surface area contributed by atoms with Gasteiger partial charge in [0.15, 0.2) is 5.65 Å². The Hall–Kier alpha value is -2.15. The van der Waals surface area contributed by atoms with Crippen molar-refractivity contribution in [1.82, 2.24) is 25.1 Å². The van der Waals surface area contributed by atoms with Crippen LogP contribution >= 0.6 is 11.8 Å². The molecule has 0 bridgehead atoms. The van der Waals surface area contributed by atoms with E-state index in [1.54, 1.807) is 0 Å². The average Bonchev–Trinajstić information content (AvgIpc) is 3.04. The van der Waals surface area contributed by atoms with Crippen LogP contribution < -0.4 is 0 Å². The van der Waals surface area contributed by atoms with Crippen LogP contribution in [-0.4, -0.2) is 49.8 Å². The average molecular weight is 369 g/mol. The number of para-hydroxylation sites is 1. The number of hydrogen-bond donors (Lipinski definition) is 1. The molecular formula is C19H23N5OS. The molecule has 1 fully saturated rings. The summed E-state index contributed by atoms with van der Waals surface area (Å²) in [5.41, 5.74) is 2.48. The highest BCUT2D eigenvalue weighted by Gasteiger charge is 2.25. The number of nitrogens with one attached hydrogen (secondary N) is 1. The molecule has 3 aromatic rings. The predicted molar refractivity (Wildman–Crippen MR) is 104 cm³/mol. The highest BCUT2D eigenvalue weighted by atomic mass is 32.2. The summed E-state index contributed by atoms with van der Waals surface area (Å²) in [4.78, 5) is 22.2. The van der Waals surface area contributed by atoms with Gasteiger partial charge in [-0.05, 0) is 37.7 Å². The molecule has 1 N–H and O–H groups in total. The van der Waals surface area contributed by atoms with Crippen LogP contribution in [0.5, 0.6) is 0 Å². The van der Waals surface area contributed by atoms with Gasteiger partial charge in [0.05, 0.1) is 5.75 Å². The minimum atomic E-state index is 0.134. The number of rotatable bonds is 4. The molecule has 2 aromatic heterocycles. The second-order valence-corrected chi connectivity index (χ2v) is 8.11. The highest BCUT2D eigenvalue weighted by Crippen LogP contribution is 2.27. The summed E-state index contributed by atoms with van der Waals surface area (Å²) in [7, 11) is 1.92. The van der Waals surface area contributed by atoms with Crippen molar-refractivity contribution in [1.29, 1.82) is 0 Å². The molecule has 1 aliphatic rings. The van der Waals surface area contributed by atoms with Crippen LogP contribution in [0.1, 0.15) is 32.6 Å². The van der Waals surface area contributed by atoms with E-state index in [0.29, 0.717) is 22.6 Å². The maximum Gasteiger partial charge on any atom is 0.233 e. The lowest BCUT2D eigenvalue weighted by Gasteiger charge is -2.33. The lowest BCUT2D eigenvalue weighted by atomic mass is 9.87. The number of carbonyl (C=O) groups is 1.